The fraction of sp³-hybridized carbons (Fsp3) is 0.600. The van der Waals surface area contributed by atoms with Gasteiger partial charge in [-0.1, -0.05) is 6.07 Å². The second kappa shape index (κ2) is 6.06. The molecule has 1 fully saturated rings. The van der Waals surface area contributed by atoms with Gasteiger partial charge in [-0.3, -0.25) is 0 Å². The smallest absolute Gasteiger partial charge is 0.161 e. The van der Waals surface area contributed by atoms with Gasteiger partial charge in [0.05, 0.1) is 7.11 Å². The highest BCUT2D eigenvalue weighted by molar-refractivity contribution is 7.99. The molecule has 1 aromatic rings. The Bertz CT molecular complexity index is 423. The highest BCUT2D eigenvalue weighted by atomic mass is 32.2. The van der Waals surface area contributed by atoms with Gasteiger partial charge in [0.25, 0.3) is 0 Å². The SMILES string of the molecule is COc1ccc(C(C)(C)N)cc1OC1CCCSC1. The predicted octanol–water partition coefficient (Wildman–Crippen LogP) is 3.16. The minimum atomic E-state index is -0.369. The van der Waals surface area contributed by atoms with Crippen molar-refractivity contribution in [2.24, 2.45) is 5.73 Å². The van der Waals surface area contributed by atoms with Gasteiger partial charge in [-0.15, -0.1) is 0 Å². The summed E-state index contributed by atoms with van der Waals surface area (Å²) in [7, 11) is 1.67. The number of rotatable bonds is 4. The number of thioether (sulfide) groups is 1. The van der Waals surface area contributed by atoms with Gasteiger partial charge in [0.2, 0.25) is 0 Å². The third kappa shape index (κ3) is 3.80. The van der Waals surface area contributed by atoms with Crippen molar-refractivity contribution in [3.63, 3.8) is 0 Å². The van der Waals surface area contributed by atoms with Crippen LogP contribution in [0.15, 0.2) is 18.2 Å². The summed E-state index contributed by atoms with van der Waals surface area (Å²) in [6, 6.07) is 5.95. The molecule has 1 heterocycles. The summed E-state index contributed by atoms with van der Waals surface area (Å²) in [4.78, 5) is 0. The van der Waals surface area contributed by atoms with Gasteiger partial charge in [-0.25, -0.2) is 0 Å². The molecular formula is C15H23NO2S. The molecule has 0 radical (unpaired) electrons. The van der Waals surface area contributed by atoms with Gasteiger partial charge < -0.3 is 15.2 Å². The Labute approximate surface area is 119 Å². The number of hydrogen-bond acceptors (Lipinski definition) is 4. The quantitative estimate of drug-likeness (QED) is 0.920. The zero-order valence-corrected chi connectivity index (χ0v) is 12.8. The summed E-state index contributed by atoms with van der Waals surface area (Å²) < 4.78 is 11.5. The molecule has 0 saturated carbocycles. The van der Waals surface area contributed by atoms with Crippen molar-refractivity contribution in [2.75, 3.05) is 18.6 Å². The normalized spacial score (nSPS) is 20.1. The van der Waals surface area contributed by atoms with E-state index in [1.165, 1.54) is 12.2 Å². The molecule has 19 heavy (non-hydrogen) atoms. The Morgan fingerprint density at radius 3 is 2.68 bits per heavy atom. The lowest BCUT2D eigenvalue weighted by molar-refractivity contribution is 0.202. The van der Waals surface area contributed by atoms with Crippen LogP contribution >= 0.6 is 11.8 Å². The number of methoxy groups -OCH3 is 1. The third-order valence-electron chi connectivity index (χ3n) is 3.32. The minimum absolute atomic E-state index is 0.281. The molecule has 0 spiro atoms. The van der Waals surface area contributed by atoms with Crippen molar-refractivity contribution < 1.29 is 9.47 Å². The fourth-order valence-electron chi connectivity index (χ4n) is 2.15. The van der Waals surface area contributed by atoms with E-state index < -0.39 is 0 Å². The molecule has 2 rings (SSSR count). The largest absolute Gasteiger partial charge is 0.493 e. The van der Waals surface area contributed by atoms with Crippen molar-refractivity contribution in [3.05, 3.63) is 23.8 Å². The van der Waals surface area contributed by atoms with Crippen LogP contribution in [-0.4, -0.2) is 24.7 Å². The molecule has 1 aromatic carbocycles. The molecule has 0 aromatic heterocycles. The van der Waals surface area contributed by atoms with E-state index in [-0.39, 0.29) is 11.6 Å². The van der Waals surface area contributed by atoms with Crippen LogP contribution in [-0.2, 0) is 5.54 Å². The Balaban J connectivity index is 2.20. The van der Waals surface area contributed by atoms with Crippen LogP contribution in [0.2, 0.25) is 0 Å². The van der Waals surface area contributed by atoms with Gasteiger partial charge >= 0.3 is 0 Å². The van der Waals surface area contributed by atoms with Crippen LogP contribution in [0.25, 0.3) is 0 Å². The molecule has 0 aliphatic carbocycles. The summed E-state index contributed by atoms with van der Waals surface area (Å²) in [6.45, 7) is 3.99. The van der Waals surface area contributed by atoms with E-state index in [1.807, 2.05) is 43.8 Å². The van der Waals surface area contributed by atoms with Gasteiger partial charge in [0, 0.05) is 11.3 Å². The van der Waals surface area contributed by atoms with E-state index in [2.05, 4.69) is 0 Å². The number of ether oxygens (including phenoxy) is 2. The van der Waals surface area contributed by atoms with Crippen molar-refractivity contribution in [3.8, 4) is 11.5 Å². The van der Waals surface area contributed by atoms with Crippen molar-refractivity contribution in [2.45, 2.75) is 38.3 Å². The second-order valence-electron chi connectivity index (χ2n) is 5.54. The van der Waals surface area contributed by atoms with Crippen molar-refractivity contribution >= 4 is 11.8 Å². The third-order valence-corrected chi connectivity index (χ3v) is 4.50. The first-order chi connectivity index (χ1) is 9.00. The second-order valence-corrected chi connectivity index (χ2v) is 6.69. The lowest BCUT2D eigenvalue weighted by atomic mass is 9.95. The van der Waals surface area contributed by atoms with Gasteiger partial charge in [0.1, 0.15) is 6.10 Å². The van der Waals surface area contributed by atoms with E-state index in [0.717, 1.165) is 29.2 Å². The van der Waals surface area contributed by atoms with E-state index in [0.29, 0.717) is 0 Å². The molecule has 1 saturated heterocycles. The maximum atomic E-state index is 6.15. The fourth-order valence-corrected chi connectivity index (χ4v) is 3.19. The van der Waals surface area contributed by atoms with E-state index in [4.69, 9.17) is 15.2 Å². The minimum Gasteiger partial charge on any atom is -0.493 e. The molecule has 1 unspecified atom stereocenters. The Morgan fingerprint density at radius 2 is 2.11 bits per heavy atom. The average Bonchev–Trinajstić information content (AvgIpc) is 2.39. The Kier molecular flexibility index (Phi) is 4.63. The number of nitrogens with two attached hydrogens (primary N) is 1. The molecule has 4 heteroatoms. The van der Waals surface area contributed by atoms with Crippen molar-refractivity contribution in [1.29, 1.82) is 0 Å². The zero-order chi connectivity index (χ0) is 13.9. The zero-order valence-electron chi connectivity index (χ0n) is 11.9. The van der Waals surface area contributed by atoms with Crippen LogP contribution in [0.3, 0.4) is 0 Å². The topological polar surface area (TPSA) is 44.5 Å². The maximum absolute atomic E-state index is 6.15. The van der Waals surface area contributed by atoms with Gasteiger partial charge in [-0.05, 0) is 50.1 Å². The highest BCUT2D eigenvalue weighted by Gasteiger charge is 2.20. The lowest BCUT2D eigenvalue weighted by Crippen LogP contribution is -2.29. The molecule has 106 valence electrons. The van der Waals surface area contributed by atoms with Gasteiger partial charge in [0.15, 0.2) is 11.5 Å². The first-order valence-corrected chi connectivity index (χ1v) is 7.88. The number of benzene rings is 1. The monoisotopic (exact) mass is 281 g/mol. The molecule has 3 nitrogen and oxygen atoms in total. The average molecular weight is 281 g/mol. The maximum Gasteiger partial charge on any atom is 0.161 e. The molecule has 0 bridgehead atoms. The molecular weight excluding hydrogens is 258 g/mol. The van der Waals surface area contributed by atoms with E-state index in [1.54, 1.807) is 7.11 Å². The van der Waals surface area contributed by atoms with E-state index >= 15 is 0 Å². The molecule has 0 amide bonds. The van der Waals surface area contributed by atoms with Crippen LogP contribution in [0.1, 0.15) is 32.3 Å². The van der Waals surface area contributed by atoms with Crippen molar-refractivity contribution in [1.82, 2.24) is 0 Å². The predicted molar refractivity (Wildman–Crippen MR) is 81.2 cm³/mol. The summed E-state index contributed by atoms with van der Waals surface area (Å²) in [5, 5.41) is 0. The summed E-state index contributed by atoms with van der Waals surface area (Å²) >= 11 is 1.95. The standard InChI is InChI=1S/C15H23NO2S/c1-15(2,16)11-6-7-13(17-3)14(9-11)18-12-5-4-8-19-10-12/h6-7,9,12H,4-5,8,10,16H2,1-3H3. The van der Waals surface area contributed by atoms with E-state index in [9.17, 15) is 0 Å². The molecule has 1 atom stereocenters. The van der Waals surface area contributed by atoms with Crippen LogP contribution in [0.4, 0.5) is 0 Å². The number of hydrogen-bond donors (Lipinski definition) is 1. The first-order valence-electron chi connectivity index (χ1n) is 6.72. The highest BCUT2D eigenvalue weighted by Crippen LogP contribution is 2.33. The lowest BCUT2D eigenvalue weighted by Gasteiger charge is -2.25. The molecule has 1 aliphatic heterocycles. The van der Waals surface area contributed by atoms with Gasteiger partial charge in [-0.2, -0.15) is 11.8 Å². The summed E-state index contributed by atoms with van der Waals surface area (Å²) in [5.41, 5.74) is 6.84. The Morgan fingerprint density at radius 1 is 1.32 bits per heavy atom. The summed E-state index contributed by atoms with van der Waals surface area (Å²) in [6.07, 6.45) is 2.62. The molecule has 2 N–H and O–H groups in total. The van der Waals surface area contributed by atoms with Crippen LogP contribution in [0.5, 0.6) is 11.5 Å². The summed E-state index contributed by atoms with van der Waals surface area (Å²) in [5.74, 6) is 3.89. The van der Waals surface area contributed by atoms with Crippen LogP contribution < -0.4 is 15.2 Å². The van der Waals surface area contributed by atoms with Crippen LogP contribution in [0, 0.1) is 0 Å². The molecule has 1 aliphatic rings. The Hall–Kier alpha value is -0.870. The first kappa shape index (κ1) is 14.5.